The van der Waals surface area contributed by atoms with Gasteiger partial charge in [0.2, 0.25) is 5.91 Å². The van der Waals surface area contributed by atoms with Crippen LogP contribution in [0.15, 0.2) is 54.6 Å². The third-order valence-electron chi connectivity index (χ3n) is 4.64. The highest BCUT2D eigenvalue weighted by molar-refractivity contribution is 7.86. The van der Waals surface area contributed by atoms with E-state index in [9.17, 15) is 13.2 Å². The molecule has 0 spiro atoms. The van der Waals surface area contributed by atoms with Crippen molar-refractivity contribution in [3.05, 3.63) is 65.7 Å². The minimum atomic E-state index is -3.65. The Morgan fingerprint density at radius 1 is 0.963 bits per heavy atom. The Balaban J connectivity index is 1.63. The molecule has 1 N–H and O–H groups in total. The van der Waals surface area contributed by atoms with E-state index in [0.717, 1.165) is 12.0 Å². The summed E-state index contributed by atoms with van der Waals surface area (Å²) in [5.74, 6) is -0.329. The predicted octanol–water partition coefficient (Wildman–Crippen LogP) is 2.64. The number of hydrogen-bond acceptors (Lipinski definition) is 3. The van der Waals surface area contributed by atoms with Crippen molar-refractivity contribution >= 4 is 21.8 Å². The normalized spacial score (nSPS) is 17.5. The number of nitrogens with one attached hydrogen (secondary N) is 1. The fourth-order valence-corrected chi connectivity index (χ4v) is 4.75. The van der Waals surface area contributed by atoms with Gasteiger partial charge in [0.1, 0.15) is 0 Å². The third kappa shape index (κ3) is 4.94. The first kappa shape index (κ1) is 19.5. The van der Waals surface area contributed by atoms with Gasteiger partial charge < -0.3 is 5.32 Å². The standard InChI is InChI=1S/C20H25N3O3S/c1-2-17-9-11-19(12-10-17)21-20(24)16-23-14-6-13-22(27(23,25)26)15-18-7-4-3-5-8-18/h3-5,7-12H,2,6,13-16H2,1H3,(H,21,24). The largest absolute Gasteiger partial charge is 0.325 e. The van der Waals surface area contributed by atoms with E-state index in [4.69, 9.17) is 0 Å². The minimum absolute atomic E-state index is 0.177. The van der Waals surface area contributed by atoms with E-state index < -0.39 is 10.2 Å². The quantitative estimate of drug-likeness (QED) is 0.828. The summed E-state index contributed by atoms with van der Waals surface area (Å²) in [7, 11) is -3.65. The lowest BCUT2D eigenvalue weighted by Gasteiger charge is -2.34. The van der Waals surface area contributed by atoms with Crippen molar-refractivity contribution in [1.29, 1.82) is 0 Å². The van der Waals surface area contributed by atoms with E-state index in [2.05, 4.69) is 12.2 Å². The zero-order valence-electron chi connectivity index (χ0n) is 15.5. The van der Waals surface area contributed by atoms with Gasteiger partial charge in [-0.25, -0.2) is 0 Å². The van der Waals surface area contributed by atoms with Crippen molar-refractivity contribution < 1.29 is 13.2 Å². The smallest absolute Gasteiger partial charge is 0.282 e. The zero-order valence-corrected chi connectivity index (χ0v) is 16.3. The van der Waals surface area contributed by atoms with Crippen LogP contribution in [-0.2, 0) is 28.0 Å². The Kier molecular flexibility index (Phi) is 6.26. The summed E-state index contributed by atoms with van der Waals surface area (Å²) in [4.78, 5) is 12.4. The van der Waals surface area contributed by atoms with E-state index in [-0.39, 0.29) is 12.5 Å². The molecule has 1 aliphatic heterocycles. The molecule has 0 aromatic heterocycles. The van der Waals surface area contributed by atoms with Crippen molar-refractivity contribution in [1.82, 2.24) is 8.61 Å². The van der Waals surface area contributed by atoms with Gasteiger partial charge >= 0.3 is 0 Å². The first-order valence-corrected chi connectivity index (χ1v) is 10.6. The molecule has 1 aliphatic rings. The molecule has 0 radical (unpaired) electrons. The number of carbonyl (C=O) groups excluding carboxylic acids is 1. The van der Waals surface area contributed by atoms with E-state index >= 15 is 0 Å². The van der Waals surface area contributed by atoms with Gasteiger partial charge in [-0.15, -0.1) is 0 Å². The van der Waals surface area contributed by atoms with Gasteiger partial charge in [-0.2, -0.15) is 17.0 Å². The molecule has 6 nitrogen and oxygen atoms in total. The van der Waals surface area contributed by atoms with Crippen LogP contribution in [-0.4, -0.2) is 42.6 Å². The molecule has 3 rings (SSSR count). The van der Waals surface area contributed by atoms with E-state index in [1.807, 2.05) is 54.6 Å². The fourth-order valence-electron chi connectivity index (χ4n) is 3.11. The Hall–Kier alpha value is -2.22. The molecule has 1 amide bonds. The molecule has 7 heteroatoms. The first-order chi connectivity index (χ1) is 13.0. The zero-order chi connectivity index (χ0) is 19.3. The van der Waals surface area contributed by atoms with Gasteiger partial charge in [0, 0.05) is 25.3 Å². The number of carbonyl (C=O) groups is 1. The molecular formula is C20H25N3O3S. The summed E-state index contributed by atoms with van der Waals surface area (Å²) >= 11 is 0. The average Bonchev–Trinajstić information content (AvgIpc) is 2.66. The Labute approximate surface area is 161 Å². The molecule has 0 unspecified atom stereocenters. The van der Waals surface area contributed by atoms with Gasteiger partial charge in [-0.3, -0.25) is 4.79 Å². The second kappa shape index (κ2) is 8.65. The number of nitrogens with zero attached hydrogens (tertiary/aromatic N) is 2. The summed E-state index contributed by atoms with van der Waals surface area (Å²) in [6.07, 6.45) is 1.63. The van der Waals surface area contributed by atoms with Crippen LogP contribution in [0, 0.1) is 0 Å². The van der Waals surface area contributed by atoms with Gasteiger partial charge in [-0.05, 0) is 36.1 Å². The van der Waals surface area contributed by atoms with Crippen molar-refractivity contribution in [3.63, 3.8) is 0 Å². The minimum Gasteiger partial charge on any atom is -0.325 e. The van der Waals surface area contributed by atoms with Crippen molar-refractivity contribution in [2.75, 3.05) is 25.0 Å². The topological polar surface area (TPSA) is 69.7 Å². The van der Waals surface area contributed by atoms with Crippen LogP contribution < -0.4 is 5.32 Å². The van der Waals surface area contributed by atoms with E-state index in [1.165, 1.54) is 14.2 Å². The maximum Gasteiger partial charge on any atom is 0.282 e. The predicted molar refractivity (Wildman–Crippen MR) is 106 cm³/mol. The summed E-state index contributed by atoms with van der Waals surface area (Å²) < 4.78 is 28.4. The monoisotopic (exact) mass is 387 g/mol. The van der Waals surface area contributed by atoms with Crippen LogP contribution in [0.1, 0.15) is 24.5 Å². The van der Waals surface area contributed by atoms with Crippen LogP contribution in [0.3, 0.4) is 0 Å². The lowest BCUT2D eigenvalue weighted by atomic mass is 10.1. The number of hydrogen-bond donors (Lipinski definition) is 1. The van der Waals surface area contributed by atoms with Gasteiger partial charge in [-0.1, -0.05) is 49.4 Å². The SMILES string of the molecule is CCc1ccc(NC(=O)CN2CCCN(Cc3ccccc3)S2(=O)=O)cc1. The van der Waals surface area contributed by atoms with E-state index in [1.54, 1.807) is 0 Å². The molecule has 1 fully saturated rings. The van der Waals surface area contributed by atoms with Crippen molar-refractivity contribution in [2.45, 2.75) is 26.3 Å². The van der Waals surface area contributed by atoms with Crippen LogP contribution in [0.4, 0.5) is 5.69 Å². The van der Waals surface area contributed by atoms with Crippen molar-refractivity contribution in [2.24, 2.45) is 0 Å². The molecule has 1 heterocycles. The van der Waals surface area contributed by atoms with E-state index in [0.29, 0.717) is 31.7 Å². The van der Waals surface area contributed by atoms with Crippen molar-refractivity contribution in [3.8, 4) is 0 Å². The molecule has 1 saturated heterocycles. The number of anilines is 1. The van der Waals surface area contributed by atoms with Crippen LogP contribution in [0.25, 0.3) is 0 Å². The number of benzene rings is 2. The van der Waals surface area contributed by atoms with Crippen LogP contribution >= 0.6 is 0 Å². The highest BCUT2D eigenvalue weighted by Crippen LogP contribution is 2.19. The lowest BCUT2D eigenvalue weighted by molar-refractivity contribution is -0.116. The lowest BCUT2D eigenvalue weighted by Crippen LogP contribution is -2.51. The highest BCUT2D eigenvalue weighted by atomic mass is 32.2. The van der Waals surface area contributed by atoms with Gasteiger partial charge in [0.25, 0.3) is 10.2 Å². The third-order valence-corrected chi connectivity index (χ3v) is 6.56. The summed E-state index contributed by atoms with van der Waals surface area (Å²) in [5.41, 5.74) is 2.79. The molecule has 144 valence electrons. The molecule has 0 bridgehead atoms. The number of amides is 1. The maximum absolute atomic E-state index is 12.9. The average molecular weight is 388 g/mol. The number of aryl methyl sites for hydroxylation is 1. The second-order valence-corrected chi connectivity index (χ2v) is 8.54. The fraction of sp³-hybridized carbons (Fsp3) is 0.350. The molecular weight excluding hydrogens is 362 g/mol. The second-order valence-electron chi connectivity index (χ2n) is 6.61. The molecule has 27 heavy (non-hydrogen) atoms. The number of rotatable bonds is 6. The Bertz CT molecular complexity index is 867. The van der Waals surface area contributed by atoms with Gasteiger partial charge in [0.15, 0.2) is 0 Å². The Morgan fingerprint density at radius 2 is 1.63 bits per heavy atom. The highest BCUT2D eigenvalue weighted by Gasteiger charge is 2.34. The van der Waals surface area contributed by atoms with Crippen LogP contribution in [0.5, 0.6) is 0 Å². The maximum atomic E-state index is 12.9. The molecule has 0 aliphatic carbocycles. The van der Waals surface area contributed by atoms with Gasteiger partial charge in [0.05, 0.1) is 6.54 Å². The Morgan fingerprint density at radius 3 is 2.30 bits per heavy atom. The van der Waals surface area contributed by atoms with Crippen LogP contribution in [0.2, 0.25) is 0 Å². The molecule has 2 aromatic carbocycles. The summed E-state index contributed by atoms with van der Waals surface area (Å²) in [6, 6.07) is 17.1. The molecule has 0 atom stereocenters. The molecule has 0 saturated carbocycles. The first-order valence-electron chi connectivity index (χ1n) is 9.17. The summed E-state index contributed by atoms with van der Waals surface area (Å²) in [6.45, 7) is 3.03. The summed E-state index contributed by atoms with van der Waals surface area (Å²) in [5, 5.41) is 2.78. The molecule has 2 aromatic rings.